The van der Waals surface area contributed by atoms with E-state index in [0.29, 0.717) is 18.4 Å². The quantitative estimate of drug-likeness (QED) is 0.451. The number of hydrogen-bond donors (Lipinski definition) is 2. The average molecular weight is 320 g/mol. The molecular weight excluding hydrogens is 306 g/mol. The molecule has 1 amide bonds. The Morgan fingerprint density at radius 1 is 1.67 bits per heavy atom. The SMILES string of the molecule is COCCC(CBr)NC(=O)c1ccc([N+](=O)[O-])[nH]1. The second kappa shape index (κ2) is 7.12. The number of methoxy groups -OCH3 is 1. The van der Waals surface area contributed by atoms with Gasteiger partial charge in [-0.05, 0) is 17.4 Å². The van der Waals surface area contributed by atoms with Crippen molar-refractivity contribution in [1.29, 1.82) is 0 Å². The summed E-state index contributed by atoms with van der Waals surface area (Å²) in [7, 11) is 1.58. The fourth-order valence-electron chi connectivity index (χ4n) is 1.33. The van der Waals surface area contributed by atoms with E-state index in [1.165, 1.54) is 12.1 Å². The number of carbonyl (C=O) groups is 1. The number of carbonyl (C=O) groups excluding carboxylic acids is 1. The van der Waals surface area contributed by atoms with Crippen LogP contribution in [0.15, 0.2) is 12.1 Å². The number of nitrogens with zero attached hydrogens (tertiary/aromatic N) is 1. The summed E-state index contributed by atoms with van der Waals surface area (Å²) >= 11 is 3.29. The molecule has 0 saturated heterocycles. The zero-order chi connectivity index (χ0) is 13.5. The molecule has 0 aliphatic heterocycles. The van der Waals surface area contributed by atoms with Gasteiger partial charge in [0.05, 0.1) is 0 Å². The third kappa shape index (κ3) is 4.11. The Labute approximate surface area is 112 Å². The van der Waals surface area contributed by atoms with Crippen molar-refractivity contribution in [3.05, 3.63) is 27.9 Å². The van der Waals surface area contributed by atoms with Crippen molar-refractivity contribution in [2.45, 2.75) is 12.5 Å². The van der Waals surface area contributed by atoms with Crippen molar-refractivity contribution in [1.82, 2.24) is 10.3 Å². The monoisotopic (exact) mass is 319 g/mol. The second-order valence-corrected chi connectivity index (χ2v) is 4.27. The Morgan fingerprint density at radius 2 is 2.39 bits per heavy atom. The lowest BCUT2D eigenvalue weighted by molar-refractivity contribution is -0.389. The van der Waals surface area contributed by atoms with Gasteiger partial charge in [-0.3, -0.25) is 4.79 Å². The Hall–Kier alpha value is -1.41. The molecule has 0 spiro atoms. The van der Waals surface area contributed by atoms with Crippen LogP contribution in [-0.4, -0.2) is 40.9 Å². The van der Waals surface area contributed by atoms with E-state index in [4.69, 9.17) is 4.74 Å². The highest BCUT2D eigenvalue weighted by Crippen LogP contribution is 2.10. The first-order valence-electron chi connectivity index (χ1n) is 5.27. The Balaban J connectivity index is 2.59. The molecule has 0 aliphatic carbocycles. The van der Waals surface area contributed by atoms with Crippen molar-refractivity contribution in [3.63, 3.8) is 0 Å². The number of aromatic amines is 1. The highest BCUT2D eigenvalue weighted by atomic mass is 79.9. The van der Waals surface area contributed by atoms with E-state index in [2.05, 4.69) is 26.2 Å². The van der Waals surface area contributed by atoms with Crippen LogP contribution in [-0.2, 0) is 4.74 Å². The van der Waals surface area contributed by atoms with Gasteiger partial charge in [0.15, 0.2) is 5.69 Å². The van der Waals surface area contributed by atoms with Crippen molar-refractivity contribution >= 4 is 27.7 Å². The fourth-order valence-corrected chi connectivity index (χ4v) is 1.82. The van der Waals surface area contributed by atoms with Gasteiger partial charge in [-0.1, -0.05) is 15.9 Å². The lowest BCUT2D eigenvalue weighted by Crippen LogP contribution is -2.37. The van der Waals surface area contributed by atoms with Gasteiger partial charge >= 0.3 is 5.82 Å². The molecule has 1 rings (SSSR count). The van der Waals surface area contributed by atoms with E-state index in [1.807, 2.05) is 0 Å². The third-order valence-electron chi connectivity index (χ3n) is 2.30. The number of ether oxygens (including phenoxy) is 1. The molecule has 0 saturated carbocycles. The van der Waals surface area contributed by atoms with E-state index >= 15 is 0 Å². The Kier molecular flexibility index (Phi) is 5.79. The third-order valence-corrected chi connectivity index (χ3v) is 3.09. The number of hydrogen-bond acceptors (Lipinski definition) is 4. The van der Waals surface area contributed by atoms with Gasteiger partial charge in [0.1, 0.15) is 0 Å². The molecule has 1 unspecified atom stereocenters. The van der Waals surface area contributed by atoms with Crippen molar-refractivity contribution in [2.75, 3.05) is 19.0 Å². The first-order chi connectivity index (χ1) is 8.58. The highest BCUT2D eigenvalue weighted by molar-refractivity contribution is 9.09. The van der Waals surface area contributed by atoms with Gasteiger partial charge in [-0.15, -0.1) is 0 Å². The number of nitro groups is 1. The molecule has 1 heterocycles. The van der Waals surface area contributed by atoms with Gasteiger partial charge in [0.25, 0.3) is 5.91 Å². The van der Waals surface area contributed by atoms with Crippen LogP contribution in [0.2, 0.25) is 0 Å². The van der Waals surface area contributed by atoms with Crippen molar-refractivity contribution in [2.24, 2.45) is 0 Å². The van der Waals surface area contributed by atoms with E-state index in [-0.39, 0.29) is 23.5 Å². The molecule has 0 aliphatic rings. The number of rotatable bonds is 7. The molecule has 0 aromatic carbocycles. The molecule has 8 heteroatoms. The molecule has 0 fully saturated rings. The minimum absolute atomic E-state index is 0.0835. The van der Waals surface area contributed by atoms with Crippen LogP contribution in [0.5, 0.6) is 0 Å². The minimum Gasteiger partial charge on any atom is -0.385 e. The van der Waals surface area contributed by atoms with Crippen molar-refractivity contribution in [3.8, 4) is 0 Å². The summed E-state index contributed by atoms with van der Waals surface area (Å²) in [5, 5.41) is 13.8. The van der Waals surface area contributed by atoms with Crippen LogP contribution >= 0.6 is 15.9 Å². The minimum atomic E-state index is -0.580. The topological polar surface area (TPSA) is 97.3 Å². The first kappa shape index (κ1) is 14.7. The van der Waals surface area contributed by atoms with Gasteiger partial charge in [0.2, 0.25) is 0 Å². The summed E-state index contributed by atoms with van der Waals surface area (Å²) in [6.07, 6.45) is 0.663. The Bertz CT molecular complexity index is 421. The number of halogens is 1. The molecule has 18 heavy (non-hydrogen) atoms. The van der Waals surface area contributed by atoms with Crippen LogP contribution in [0.4, 0.5) is 5.82 Å². The smallest absolute Gasteiger partial charge is 0.321 e. The number of amides is 1. The van der Waals surface area contributed by atoms with Gasteiger partial charge in [0, 0.05) is 31.2 Å². The highest BCUT2D eigenvalue weighted by Gasteiger charge is 2.18. The van der Waals surface area contributed by atoms with Crippen LogP contribution in [0.25, 0.3) is 0 Å². The summed E-state index contributed by atoms with van der Waals surface area (Å²) in [5.74, 6) is -0.573. The van der Waals surface area contributed by atoms with E-state index in [1.54, 1.807) is 7.11 Å². The van der Waals surface area contributed by atoms with Crippen molar-refractivity contribution < 1.29 is 14.5 Å². The van der Waals surface area contributed by atoms with Gasteiger partial charge < -0.3 is 20.2 Å². The summed E-state index contributed by atoms with van der Waals surface area (Å²) in [5.41, 5.74) is 0.171. The molecule has 0 radical (unpaired) electrons. The second-order valence-electron chi connectivity index (χ2n) is 3.62. The lowest BCUT2D eigenvalue weighted by atomic mass is 10.2. The zero-order valence-electron chi connectivity index (χ0n) is 9.81. The summed E-state index contributed by atoms with van der Waals surface area (Å²) < 4.78 is 4.93. The molecule has 7 nitrogen and oxygen atoms in total. The summed E-state index contributed by atoms with van der Waals surface area (Å²) in [6.45, 7) is 0.529. The predicted octanol–water partition coefficient (Wildman–Crippen LogP) is 1.45. The maximum Gasteiger partial charge on any atom is 0.321 e. The standard InChI is InChI=1S/C10H14BrN3O4/c1-18-5-4-7(6-11)12-10(15)8-2-3-9(13-8)14(16)17/h2-3,7,13H,4-6H2,1H3,(H,12,15). The van der Waals surface area contributed by atoms with Crippen LogP contribution in [0.3, 0.4) is 0 Å². The maximum atomic E-state index is 11.8. The number of aromatic nitrogens is 1. The van der Waals surface area contributed by atoms with Crippen LogP contribution in [0, 0.1) is 10.1 Å². The summed E-state index contributed by atoms with van der Waals surface area (Å²) in [6, 6.07) is 2.56. The largest absolute Gasteiger partial charge is 0.385 e. The van der Waals surface area contributed by atoms with Crippen LogP contribution in [0.1, 0.15) is 16.9 Å². The lowest BCUT2D eigenvalue weighted by Gasteiger charge is -2.14. The summed E-state index contributed by atoms with van der Waals surface area (Å²) in [4.78, 5) is 24.1. The normalized spacial score (nSPS) is 12.1. The number of nitrogens with one attached hydrogen (secondary N) is 2. The van der Waals surface area contributed by atoms with Gasteiger partial charge in [-0.2, -0.15) is 0 Å². The predicted molar refractivity (Wildman–Crippen MR) is 69.0 cm³/mol. The Morgan fingerprint density at radius 3 is 2.89 bits per heavy atom. The molecule has 1 atom stereocenters. The molecule has 1 aromatic heterocycles. The molecule has 2 N–H and O–H groups in total. The van der Waals surface area contributed by atoms with E-state index in [9.17, 15) is 14.9 Å². The first-order valence-corrected chi connectivity index (χ1v) is 6.39. The van der Waals surface area contributed by atoms with Crippen LogP contribution < -0.4 is 5.32 Å². The van der Waals surface area contributed by atoms with Gasteiger partial charge in [-0.25, -0.2) is 4.98 Å². The molecular formula is C10H14BrN3O4. The number of H-pyrrole nitrogens is 1. The molecule has 100 valence electrons. The molecule has 0 bridgehead atoms. The van der Waals surface area contributed by atoms with E-state index in [0.717, 1.165) is 0 Å². The maximum absolute atomic E-state index is 11.8. The van der Waals surface area contributed by atoms with E-state index < -0.39 is 4.92 Å². The number of alkyl halides is 1. The average Bonchev–Trinajstić information content (AvgIpc) is 2.83. The fraction of sp³-hybridized carbons (Fsp3) is 0.500. The molecule has 1 aromatic rings. The zero-order valence-corrected chi connectivity index (χ0v) is 11.4.